The predicted octanol–water partition coefficient (Wildman–Crippen LogP) is 3.45. The van der Waals surface area contributed by atoms with Gasteiger partial charge in [-0.3, -0.25) is 4.79 Å². The van der Waals surface area contributed by atoms with Crippen LogP contribution in [0.25, 0.3) is 0 Å². The van der Waals surface area contributed by atoms with Crippen LogP contribution in [0.15, 0.2) is 30.3 Å². The van der Waals surface area contributed by atoms with Gasteiger partial charge in [0, 0.05) is 25.3 Å². The molecule has 1 heterocycles. The van der Waals surface area contributed by atoms with Crippen LogP contribution in [-0.4, -0.2) is 42.0 Å². The second-order valence-corrected chi connectivity index (χ2v) is 6.19. The second-order valence-electron chi connectivity index (χ2n) is 6.19. The molecule has 144 valence electrons. The van der Waals surface area contributed by atoms with Crippen LogP contribution < -0.4 is 10.2 Å². The third kappa shape index (κ3) is 5.77. The van der Waals surface area contributed by atoms with Gasteiger partial charge in [0.1, 0.15) is 17.3 Å². The molecule has 1 aromatic carbocycles. The second kappa shape index (κ2) is 9.66. The summed E-state index contributed by atoms with van der Waals surface area (Å²) in [7, 11) is 1.95. The molecule has 27 heavy (non-hydrogen) atoms. The Kier molecular flexibility index (Phi) is 7.28. The maximum absolute atomic E-state index is 12.6. The quantitative estimate of drug-likeness (QED) is 0.717. The number of esters is 1. The Morgan fingerprint density at radius 2 is 1.85 bits per heavy atom. The Morgan fingerprint density at radius 1 is 1.15 bits per heavy atom. The highest BCUT2D eigenvalue weighted by Crippen LogP contribution is 2.15. The van der Waals surface area contributed by atoms with Crippen LogP contribution in [-0.2, 0) is 4.74 Å². The van der Waals surface area contributed by atoms with Gasteiger partial charge in [-0.25, -0.2) is 14.8 Å². The van der Waals surface area contributed by atoms with Gasteiger partial charge in [0.2, 0.25) is 0 Å². The molecule has 1 N–H and O–H groups in total. The van der Waals surface area contributed by atoms with Crippen LogP contribution in [0.5, 0.6) is 0 Å². The average molecular weight is 370 g/mol. The number of carbonyl (C=O) groups is 2. The first-order valence-electron chi connectivity index (χ1n) is 9.10. The minimum atomic E-state index is -0.387. The van der Waals surface area contributed by atoms with Crippen molar-refractivity contribution < 1.29 is 14.3 Å². The summed E-state index contributed by atoms with van der Waals surface area (Å²) in [5.41, 5.74) is 1.31. The van der Waals surface area contributed by atoms with Gasteiger partial charge >= 0.3 is 5.97 Å². The Morgan fingerprint density at radius 3 is 2.48 bits per heavy atom. The van der Waals surface area contributed by atoms with Crippen LogP contribution >= 0.6 is 0 Å². The maximum Gasteiger partial charge on any atom is 0.338 e. The molecule has 0 radical (unpaired) electrons. The lowest BCUT2D eigenvalue weighted by Crippen LogP contribution is -2.22. The molecule has 0 aliphatic heterocycles. The van der Waals surface area contributed by atoms with Crippen molar-refractivity contribution in [3.8, 4) is 0 Å². The Labute approximate surface area is 159 Å². The molecule has 0 saturated heterocycles. The lowest BCUT2D eigenvalue weighted by atomic mass is 10.2. The lowest BCUT2D eigenvalue weighted by Gasteiger charge is -2.18. The SMILES string of the molecule is CCCCN(C)c1cc(C(=O)Nc2ccc(C(=O)OCC)cc2)nc(C)n1. The summed E-state index contributed by atoms with van der Waals surface area (Å²) in [6.07, 6.45) is 2.14. The van der Waals surface area contributed by atoms with Gasteiger partial charge in [-0.2, -0.15) is 0 Å². The van der Waals surface area contributed by atoms with E-state index >= 15 is 0 Å². The molecule has 0 aliphatic carbocycles. The highest BCUT2D eigenvalue weighted by Gasteiger charge is 2.13. The summed E-state index contributed by atoms with van der Waals surface area (Å²) in [5.74, 6) is 0.550. The van der Waals surface area contributed by atoms with E-state index in [1.807, 2.05) is 11.9 Å². The topological polar surface area (TPSA) is 84.4 Å². The minimum absolute atomic E-state index is 0.301. The standard InChI is InChI=1S/C20H26N4O3/c1-5-7-12-24(4)18-13-17(21-14(3)22-18)19(25)23-16-10-8-15(9-11-16)20(26)27-6-2/h8-11,13H,5-7,12H2,1-4H3,(H,23,25). The van der Waals surface area contributed by atoms with Gasteiger partial charge in [-0.1, -0.05) is 13.3 Å². The van der Waals surface area contributed by atoms with Crippen LogP contribution in [0, 0.1) is 6.92 Å². The maximum atomic E-state index is 12.6. The van der Waals surface area contributed by atoms with Crippen molar-refractivity contribution in [1.82, 2.24) is 9.97 Å². The number of rotatable bonds is 8. The Hall–Kier alpha value is -2.96. The summed E-state index contributed by atoms with van der Waals surface area (Å²) in [6.45, 7) is 6.83. The van der Waals surface area contributed by atoms with Crippen molar-refractivity contribution in [2.45, 2.75) is 33.6 Å². The van der Waals surface area contributed by atoms with Crippen molar-refractivity contribution in [2.75, 3.05) is 30.4 Å². The normalized spacial score (nSPS) is 10.4. The van der Waals surface area contributed by atoms with E-state index < -0.39 is 0 Å². The zero-order chi connectivity index (χ0) is 19.8. The number of aromatic nitrogens is 2. The van der Waals surface area contributed by atoms with Gasteiger partial charge in [-0.05, 0) is 44.5 Å². The van der Waals surface area contributed by atoms with Crippen molar-refractivity contribution in [3.63, 3.8) is 0 Å². The smallest absolute Gasteiger partial charge is 0.338 e. The van der Waals surface area contributed by atoms with Crippen LogP contribution in [0.1, 0.15) is 53.4 Å². The number of hydrogen-bond donors (Lipinski definition) is 1. The fourth-order valence-electron chi connectivity index (χ4n) is 2.47. The van der Waals surface area contributed by atoms with Crippen molar-refractivity contribution in [3.05, 3.63) is 47.4 Å². The third-order valence-corrected chi connectivity index (χ3v) is 3.95. The fourth-order valence-corrected chi connectivity index (χ4v) is 2.47. The van der Waals surface area contributed by atoms with Gasteiger partial charge in [0.25, 0.3) is 5.91 Å². The Bertz CT molecular complexity index is 790. The van der Waals surface area contributed by atoms with Gasteiger partial charge < -0.3 is 15.0 Å². The van der Waals surface area contributed by atoms with Crippen molar-refractivity contribution >= 4 is 23.4 Å². The number of unbranched alkanes of at least 4 members (excludes halogenated alkanes) is 1. The average Bonchev–Trinajstić information content (AvgIpc) is 2.66. The van der Waals surface area contributed by atoms with E-state index in [-0.39, 0.29) is 11.9 Å². The van der Waals surface area contributed by atoms with Crippen LogP contribution in [0.3, 0.4) is 0 Å². The van der Waals surface area contributed by atoms with E-state index in [4.69, 9.17) is 4.74 Å². The summed E-state index contributed by atoms with van der Waals surface area (Å²) in [4.78, 5) is 34.9. The molecule has 0 fully saturated rings. The number of anilines is 2. The molecular formula is C20H26N4O3. The zero-order valence-electron chi connectivity index (χ0n) is 16.3. The van der Waals surface area contributed by atoms with E-state index in [2.05, 4.69) is 22.2 Å². The van der Waals surface area contributed by atoms with Crippen LogP contribution in [0.2, 0.25) is 0 Å². The predicted molar refractivity (Wildman–Crippen MR) is 105 cm³/mol. The first-order chi connectivity index (χ1) is 12.9. The summed E-state index contributed by atoms with van der Waals surface area (Å²) < 4.78 is 4.95. The lowest BCUT2D eigenvalue weighted by molar-refractivity contribution is 0.0526. The van der Waals surface area contributed by atoms with Crippen molar-refractivity contribution in [2.24, 2.45) is 0 Å². The largest absolute Gasteiger partial charge is 0.462 e. The fraction of sp³-hybridized carbons (Fsp3) is 0.400. The van der Waals surface area contributed by atoms with E-state index in [1.165, 1.54) is 0 Å². The number of benzene rings is 1. The molecule has 1 amide bonds. The Balaban J connectivity index is 2.11. The molecule has 0 saturated carbocycles. The monoisotopic (exact) mass is 370 g/mol. The molecule has 0 unspecified atom stereocenters. The molecule has 2 rings (SSSR count). The van der Waals surface area contributed by atoms with Gasteiger partial charge in [0.05, 0.1) is 12.2 Å². The molecule has 1 aromatic heterocycles. The highest BCUT2D eigenvalue weighted by atomic mass is 16.5. The zero-order valence-corrected chi connectivity index (χ0v) is 16.3. The van der Waals surface area contributed by atoms with Crippen molar-refractivity contribution in [1.29, 1.82) is 0 Å². The van der Waals surface area contributed by atoms with E-state index in [1.54, 1.807) is 44.2 Å². The molecule has 2 aromatic rings. The van der Waals surface area contributed by atoms with E-state index in [0.29, 0.717) is 29.4 Å². The molecular weight excluding hydrogens is 344 g/mol. The summed E-state index contributed by atoms with van der Waals surface area (Å²) in [5, 5.41) is 2.79. The highest BCUT2D eigenvalue weighted by molar-refractivity contribution is 6.03. The molecule has 0 spiro atoms. The number of aryl methyl sites for hydroxylation is 1. The van der Waals surface area contributed by atoms with E-state index in [0.717, 1.165) is 25.2 Å². The number of nitrogens with zero attached hydrogens (tertiary/aromatic N) is 3. The van der Waals surface area contributed by atoms with Crippen LogP contribution in [0.4, 0.5) is 11.5 Å². The number of carbonyl (C=O) groups excluding carboxylic acids is 2. The number of amides is 1. The van der Waals surface area contributed by atoms with E-state index in [9.17, 15) is 9.59 Å². The molecule has 7 heteroatoms. The summed E-state index contributed by atoms with van der Waals surface area (Å²) >= 11 is 0. The number of ether oxygens (including phenoxy) is 1. The first kappa shape index (κ1) is 20.4. The van der Waals surface area contributed by atoms with Gasteiger partial charge in [-0.15, -0.1) is 0 Å². The first-order valence-corrected chi connectivity index (χ1v) is 9.10. The third-order valence-electron chi connectivity index (χ3n) is 3.95. The number of nitrogens with one attached hydrogen (secondary N) is 1. The molecule has 0 aliphatic rings. The number of hydrogen-bond acceptors (Lipinski definition) is 6. The molecule has 0 bridgehead atoms. The van der Waals surface area contributed by atoms with Gasteiger partial charge in [0.15, 0.2) is 0 Å². The molecule has 7 nitrogen and oxygen atoms in total. The minimum Gasteiger partial charge on any atom is -0.462 e. The summed E-state index contributed by atoms with van der Waals surface area (Å²) in [6, 6.07) is 8.23. The molecule has 0 atom stereocenters.